The third-order valence-corrected chi connectivity index (χ3v) is 3.86. The van der Waals surface area contributed by atoms with Gasteiger partial charge in [-0.05, 0) is 30.4 Å². The molecule has 1 aromatic heterocycles. The van der Waals surface area contributed by atoms with Gasteiger partial charge in [0.2, 0.25) is 0 Å². The number of carbonyl (C=O) groups is 1. The lowest BCUT2D eigenvalue weighted by Gasteiger charge is -2.24. The summed E-state index contributed by atoms with van der Waals surface area (Å²) in [5.41, 5.74) is 1.09. The molecule has 1 aliphatic heterocycles. The van der Waals surface area contributed by atoms with Crippen molar-refractivity contribution in [3.05, 3.63) is 42.2 Å². The van der Waals surface area contributed by atoms with Crippen LogP contribution in [0.25, 0.3) is 10.8 Å². The molecule has 1 amide bonds. The van der Waals surface area contributed by atoms with E-state index in [9.17, 15) is 4.79 Å². The summed E-state index contributed by atoms with van der Waals surface area (Å²) in [6, 6.07) is 8.09. The number of rotatable bonds is 2. The first-order valence-corrected chi connectivity index (χ1v) is 7.65. The number of nitrogens with zero attached hydrogens (tertiary/aromatic N) is 2. The highest BCUT2D eigenvalue weighted by molar-refractivity contribution is 5.85. The van der Waals surface area contributed by atoms with Crippen LogP contribution in [0.5, 0.6) is 0 Å². The van der Waals surface area contributed by atoms with Gasteiger partial charge in [0.15, 0.2) is 0 Å². The summed E-state index contributed by atoms with van der Waals surface area (Å²) in [5, 5.41) is 2.20. The number of pyridine rings is 1. The van der Waals surface area contributed by atoms with Crippen LogP contribution in [0.1, 0.15) is 25.0 Å². The zero-order valence-corrected chi connectivity index (χ0v) is 12.7. The maximum absolute atomic E-state index is 12.0. The van der Waals surface area contributed by atoms with E-state index in [1.54, 1.807) is 11.1 Å². The lowest BCUT2D eigenvalue weighted by molar-refractivity contribution is 0.0496. The van der Waals surface area contributed by atoms with Gasteiger partial charge in [-0.25, -0.2) is 4.79 Å². The Bertz CT molecular complexity index is 654. The molecule has 1 aliphatic rings. The third kappa shape index (κ3) is 3.04. The Balaban J connectivity index is 1.90. The third-order valence-electron chi connectivity index (χ3n) is 3.86. The van der Waals surface area contributed by atoms with Crippen LogP contribution in [0, 0.1) is 0 Å². The first-order chi connectivity index (χ1) is 10.8. The fourth-order valence-corrected chi connectivity index (χ4v) is 2.82. The summed E-state index contributed by atoms with van der Waals surface area (Å²) >= 11 is 0. The minimum absolute atomic E-state index is 0.141. The van der Waals surface area contributed by atoms with Gasteiger partial charge in [-0.2, -0.15) is 0 Å². The Hall–Kier alpha value is -2.14. The minimum Gasteiger partial charge on any atom is -0.450 e. The van der Waals surface area contributed by atoms with Crippen molar-refractivity contribution in [3.63, 3.8) is 0 Å². The number of carbonyl (C=O) groups excluding carboxylic acids is 1. The number of hydrogen-bond donors (Lipinski definition) is 0. The van der Waals surface area contributed by atoms with Crippen LogP contribution in [0.3, 0.4) is 0 Å². The van der Waals surface area contributed by atoms with E-state index in [-0.39, 0.29) is 12.2 Å². The van der Waals surface area contributed by atoms with Gasteiger partial charge in [-0.3, -0.25) is 4.98 Å². The van der Waals surface area contributed by atoms with Crippen molar-refractivity contribution < 1.29 is 14.3 Å². The Morgan fingerprint density at radius 3 is 3.23 bits per heavy atom. The smallest absolute Gasteiger partial charge is 0.409 e. The molecule has 0 bridgehead atoms. The number of fused-ring (bicyclic) bond motifs is 1. The van der Waals surface area contributed by atoms with Gasteiger partial charge in [0.1, 0.15) is 6.10 Å². The molecule has 5 nitrogen and oxygen atoms in total. The number of amides is 1. The van der Waals surface area contributed by atoms with Crippen LogP contribution in [0.4, 0.5) is 4.79 Å². The Morgan fingerprint density at radius 2 is 2.36 bits per heavy atom. The summed E-state index contributed by atoms with van der Waals surface area (Å²) in [6.45, 7) is 4.03. The molecule has 0 aliphatic carbocycles. The molecule has 0 unspecified atom stereocenters. The fourth-order valence-electron chi connectivity index (χ4n) is 2.82. The lowest BCUT2D eigenvalue weighted by atomic mass is 10.0. The zero-order chi connectivity index (χ0) is 15.4. The first-order valence-electron chi connectivity index (χ1n) is 7.65. The van der Waals surface area contributed by atoms with Crippen LogP contribution in [-0.2, 0) is 9.47 Å². The predicted octanol–water partition coefficient (Wildman–Crippen LogP) is 3.15. The van der Waals surface area contributed by atoms with Gasteiger partial charge < -0.3 is 14.4 Å². The van der Waals surface area contributed by atoms with Crippen LogP contribution < -0.4 is 0 Å². The van der Waals surface area contributed by atoms with Crippen molar-refractivity contribution in [2.75, 3.05) is 26.3 Å². The molecular weight excluding hydrogens is 280 g/mol. The van der Waals surface area contributed by atoms with Crippen LogP contribution in [0.2, 0.25) is 0 Å². The summed E-state index contributed by atoms with van der Waals surface area (Å²) in [5.74, 6) is 0. The van der Waals surface area contributed by atoms with E-state index in [1.807, 2.05) is 31.3 Å². The zero-order valence-electron chi connectivity index (χ0n) is 12.7. The van der Waals surface area contributed by atoms with Gasteiger partial charge in [-0.15, -0.1) is 0 Å². The average molecular weight is 300 g/mol. The maximum Gasteiger partial charge on any atom is 0.409 e. The molecule has 1 saturated heterocycles. The molecule has 1 fully saturated rings. The van der Waals surface area contributed by atoms with Gasteiger partial charge in [0.05, 0.1) is 13.2 Å². The van der Waals surface area contributed by atoms with Crippen molar-refractivity contribution in [2.24, 2.45) is 0 Å². The first kappa shape index (κ1) is 14.8. The molecule has 0 saturated carbocycles. The van der Waals surface area contributed by atoms with E-state index in [0.717, 1.165) is 22.8 Å². The highest BCUT2D eigenvalue weighted by Crippen LogP contribution is 2.28. The SMILES string of the molecule is CCOC(=O)N1CCCO[C@@H](c2cccc3cnccc23)C1. The molecule has 0 spiro atoms. The Kier molecular flexibility index (Phi) is 4.53. The molecule has 5 heteroatoms. The molecule has 116 valence electrons. The number of hydrogen-bond acceptors (Lipinski definition) is 4. The van der Waals surface area contributed by atoms with E-state index in [4.69, 9.17) is 9.47 Å². The van der Waals surface area contributed by atoms with E-state index in [1.165, 1.54) is 0 Å². The van der Waals surface area contributed by atoms with Crippen molar-refractivity contribution in [2.45, 2.75) is 19.4 Å². The van der Waals surface area contributed by atoms with Crippen LogP contribution in [-0.4, -0.2) is 42.3 Å². The second kappa shape index (κ2) is 6.75. The van der Waals surface area contributed by atoms with Crippen LogP contribution in [0.15, 0.2) is 36.7 Å². The van der Waals surface area contributed by atoms with Gasteiger partial charge in [0.25, 0.3) is 0 Å². The minimum atomic E-state index is -0.264. The lowest BCUT2D eigenvalue weighted by Crippen LogP contribution is -2.34. The molecule has 22 heavy (non-hydrogen) atoms. The van der Waals surface area contributed by atoms with E-state index >= 15 is 0 Å². The molecule has 1 aromatic carbocycles. The molecular formula is C17H20N2O3. The molecule has 3 rings (SSSR count). The van der Waals surface area contributed by atoms with Crippen molar-refractivity contribution >= 4 is 16.9 Å². The highest BCUT2D eigenvalue weighted by Gasteiger charge is 2.25. The molecule has 2 aromatic rings. The normalized spacial score (nSPS) is 19.0. The maximum atomic E-state index is 12.0. The second-order valence-electron chi connectivity index (χ2n) is 5.30. The number of aromatic nitrogens is 1. The molecule has 0 radical (unpaired) electrons. The summed E-state index contributed by atoms with van der Waals surface area (Å²) in [7, 11) is 0. The Morgan fingerprint density at radius 1 is 1.45 bits per heavy atom. The standard InChI is InChI=1S/C17H20N2O3/c1-2-21-17(20)19-9-4-10-22-16(12-19)15-6-3-5-13-11-18-8-7-14(13)15/h3,5-8,11,16H,2,4,9-10,12H2,1H3/t16-/m1/s1. The average Bonchev–Trinajstić information content (AvgIpc) is 2.80. The molecule has 2 heterocycles. The van der Waals surface area contributed by atoms with Gasteiger partial charge in [-0.1, -0.05) is 18.2 Å². The highest BCUT2D eigenvalue weighted by atomic mass is 16.6. The topological polar surface area (TPSA) is 51.7 Å². The molecule has 1 atom stereocenters. The quantitative estimate of drug-likeness (QED) is 0.855. The fraction of sp³-hybridized carbons (Fsp3) is 0.412. The number of benzene rings is 1. The summed E-state index contributed by atoms with van der Waals surface area (Å²) in [6.07, 6.45) is 4.05. The van der Waals surface area contributed by atoms with Gasteiger partial charge in [0, 0.05) is 30.9 Å². The van der Waals surface area contributed by atoms with Gasteiger partial charge >= 0.3 is 6.09 Å². The van der Waals surface area contributed by atoms with E-state index < -0.39 is 0 Å². The summed E-state index contributed by atoms with van der Waals surface area (Å²) < 4.78 is 11.1. The molecule has 0 N–H and O–H groups in total. The Labute approximate surface area is 129 Å². The van der Waals surface area contributed by atoms with Crippen molar-refractivity contribution in [1.82, 2.24) is 9.88 Å². The van der Waals surface area contributed by atoms with Crippen molar-refractivity contribution in [3.8, 4) is 0 Å². The number of ether oxygens (including phenoxy) is 2. The second-order valence-corrected chi connectivity index (χ2v) is 5.30. The monoisotopic (exact) mass is 300 g/mol. The van der Waals surface area contributed by atoms with E-state index in [0.29, 0.717) is 26.3 Å². The predicted molar refractivity (Wildman–Crippen MR) is 83.6 cm³/mol. The van der Waals surface area contributed by atoms with Crippen molar-refractivity contribution in [1.29, 1.82) is 0 Å². The van der Waals surface area contributed by atoms with Crippen LogP contribution >= 0.6 is 0 Å². The van der Waals surface area contributed by atoms with E-state index in [2.05, 4.69) is 11.1 Å². The summed E-state index contributed by atoms with van der Waals surface area (Å²) in [4.78, 5) is 17.9. The largest absolute Gasteiger partial charge is 0.450 e.